The van der Waals surface area contributed by atoms with Gasteiger partial charge in [0, 0.05) is 16.9 Å². The van der Waals surface area contributed by atoms with Gasteiger partial charge in [0.1, 0.15) is 5.25 Å². The Morgan fingerprint density at radius 2 is 1.64 bits per heavy atom. The molecule has 2 aromatic heterocycles. The Balaban J connectivity index is 1.53. The molecule has 0 saturated carbocycles. The number of rotatable bonds is 8. The Hall–Kier alpha value is -4.01. The van der Waals surface area contributed by atoms with Crippen molar-refractivity contribution < 1.29 is 9.59 Å². The predicted octanol–water partition coefficient (Wildman–Crippen LogP) is 6.67. The minimum atomic E-state index is -0.602. The van der Waals surface area contributed by atoms with Gasteiger partial charge in [0.05, 0.1) is 4.88 Å². The lowest BCUT2D eigenvalue weighted by molar-refractivity contribution is -0.115. The maximum Gasteiger partial charge on any atom is 0.242 e. The lowest BCUT2D eigenvalue weighted by Crippen LogP contribution is -2.19. The lowest BCUT2D eigenvalue weighted by atomic mass is 10.1. The monoisotopic (exact) mass is 510 g/mol. The van der Waals surface area contributed by atoms with Crippen LogP contribution in [0.1, 0.15) is 28.1 Å². The van der Waals surface area contributed by atoms with Crippen molar-refractivity contribution in [3.8, 4) is 16.4 Å². The second-order valence-electron chi connectivity index (χ2n) is 7.99. The van der Waals surface area contributed by atoms with Gasteiger partial charge in [-0.2, -0.15) is 0 Å². The zero-order valence-corrected chi connectivity index (χ0v) is 21.0. The fourth-order valence-corrected chi connectivity index (χ4v) is 5.51. The van der Waals surface area contributed by atoms with Crippen molar-refractivity contribution in [1.29, 1.82) is 0 Å². The van der Waals surface area contributed by atoms with E-state index in [0.717, 1.165) is 22.0 Å². The van der Waals surface area contributed by atoms with Crippen LogP contribution in [0.5, 0.6) is 0 Å². The summed E-state index contributed by atoms with van der Waals surface area (Å²) in [6.07, 6.45) is 0. The first-order valence-electron chi connectivity index (χ1n) is 11.3. The number of hydrogen-bond acceptors (Lipinski definition) is 6. The van der Waals surface area contributed by atoms with Gasteiger partial charge in [-0.05, 0) is 48.2 Å². The summed E-state index contributed by atoms with van der Waals surface area (Å²) in [6.45, 7) is 1.51. The molecule has 8 heteroatoms. The zero-order valence-electron chi connectivity index (χ0n) is 19.4. The van der Waals surface area contributed by atoms with Crippen molar-refractivity contribution in [2.75, 3.05) is 5.32 Å². The zero-order chi connectivity index (χ0) is 24.9. The highest BCUT2D eigenvalue weighted by Crippen LogP contribution is 2.38. The Morgan fingerprint density at radius 1 is 0.889 bits per heavy atom. The van der Waals surface area contributed by atoms with E-state index < -0.39 is 5.25 Å². The van der Waals surface area contributed by atoms with Gasteiger partial charge >= 0.3 is 0 Å². The Bertz CT molecular complexity index is 1480. The van der Waals surface area contributed by atoms with E-state index >= 15 is 0 Å². The summed E-state index contributed by atoms with van der Waals surface area (Å²) < 4.78 is 1.98. The number of aromatic nitrogens is 3. The molecule has 5 rings (SSSR count). The topological polar surface area (TPSA) is 76.9 Å². The van der Waals surface area contributed by atoms with Gasteiger partial charge < -0.3 is 5.32 Å². The van der Waals surface area contributed by atoms with Gasteiger partial charge in [0.15, 0.2) is 16.8 Å². The molecule has 0 aliphatic rings. The molecule has 0 saturated heterocycles. The molecule has 1 unspecified atom stereocenters. The van der Waals surface area contributed by atoms with Crippen molar-refractivity contribution in [2.45, 2.75) is 17.3 Å². The van der Waals surface area contributed by atoms with Crippen molar-refractivity contribution in [3.05, 3.63) is 114 Å². The van der Waals surface area contributed by atoms with Crippen molar-refractivity contribution in [1.82, 2.24) is 14.8 Å². The van der Waals surface area contributed by atoms with E-state index in [-0.39, 0.29) is 11.7 Å². The van der Waals surface area contributed by atoms with E-state index in [0.29, 0.717) is 16.4 Å². The van der Waals surface area contributed by atoms with E-state index in [4.69, 9.17) is 0 Å². The van der Waals surface area contributed by atoms with Crippen LogP contribution >= 0.6 is 23.1 Å². The van der Waals surface area contributed by atoms with E-state index in [1.165, 1.54) is 18.7 Å². The van der Waals surface area contributed by atoms with Gasteiger partial charge in [-0.25, -0.2) is 0 Å². The first-order valence-corrected chi connectivity index (χ1v) is 13.0. The molecule has 1 amide bonds. The number of Topliss-reactive ketones (excluding diaryl/α,β-unsaturated/α-hetero) is 1. The number of hydrogen-bond donors (Lipinski definition) is 1. The number of nitrogens with one attached hydrogen (secondary N) is 1. The molecule has 178 valence electrons. The highest BCUT2D eigenvalue weighted by molar-refractivity contribution is 8.00. The summed E-state index contributed by atoms with van der Waals surface area (Å²) >= 11 is 2.92. The predicted molar refractivity (Wildman–Crippen MR) is 145 cm³/mol. The van der Waals surface area contributed by atoms with Gasteiger partial charge in [-0.3, -0.25) is 14.2 Å². The number of thioether (sulfide) groups is 1. The second kappa shape index (κ2) is 10.7. The van der Waals surface area contributed by atoms with Crippen LogP contribution in [0.3, 0.4) is 0 Å². The Labute approximate surface area is 217 Å². The fraction of sp³-hybridized carbons (Fsp3) is 0.0714. The SMILES string of the molecule is CC(=O)c1cccc(NC(=O)C(Sc2nnc(-c3cccs3)n2-c2ccccc2)c2ccccc2)c1. The first-order chi connectivity index (χ1) is 17.6. The molecule has 0 aliphatic carbocycles. The third kappa shape index (κ3) is 5.15. The molecule has 6 nitrogen and oxygen atoms in total. The maximum absolute atomic E-state index is 13.6. The Morgan fingerprint density at radius 3 is 2.33 bits per heavy atom. The van der Waals surface area contributed by atoms with Gasteiger partial charge in [-0.15, -0.1) is 21.5 Å². The minimum absolute atomic E-state index is 0.0582. The molecule has 0 spiro atoms. The molecule has 0 bridgehead atoms. The van der Waals surface area contributed by atoms with Gasteiger partial charge in [-0.1, -0.05) is 78.5 Å². The molecular weight excluding hydrogens is 488 g/mol. The van der Waals surface area contributed by atoms with Crippen LogP contribution in [-0.2, 0) is 4.79 Å². The number of thiophene rings is 1. The summed E-state index contributed by atoms with van der Waals surface area (Å²) in [6, 6.07) is 30.4. The molecule has 5 aromatic rings. The number of amides is 1. The second-order valence-corrected chi connectivity index (χ2v) is 10.0. The summed E-state index contributed by atoms with van der Waals surface area (Å²) in [5.41, 5.74) is 2.86. The number of ketones is 1. The fourth-order valence-electron chi connectivity index (χ4n) is 3.75. The summed E-state index contributed by atoms with van der Waals surface area (Å²) in [5, 5.41) is 14.0. The average molecular weight is 511 g/mol. The van der Waals surface area contributed by atoms with Crippen LogP contribution in [-0.4, -0.2) is 26.5 Å². The Kier molecular flexibility index (Phi) is 7.06. The quantitative estimate of drug-likeness (QED) is 0.186. The normalized spacial score (nSPS) is 11.7. The number of para-hydroxylation sites is 1. The van der Waals surface area contributed by atoms with Crippen molar-refractivity contribution >= 4 is 40.5 Å². The van der Waals surface area contributed by atoms with Crippen LogP contribution in [0.15, 0.2) is 108 Å². The molecule has 1 atom stereocenters. The number of carbonyl (C=O) groups is 2. The molecule has 1 N–H and O–H groups in total. The molecule has 3 aromatic carbocycles. The third-order valence-corrected chi connectivity index (χ3v) is 7.55. The summed E-state index contributed by atoms with van der Waals surface area (Å²) in [7, 11) is 0. The molecule has 0 radical (unpaired) electrons. The molecule has 0 aliphatic heterocycles. The summed E-state index contributed by atoms with van der Waals surface area (Å²) in [5.74, 6) is 0.449. The van der Waals surface area contributed by atoms with Crippen molar-refractivity contribution in [3.63, 3.8) is 0 Å². The van der Waals surface area contributed by atoms with E-state index in [2.05, 4.69) is 15.5 Å². The first kappa shape index (κ1) is 23.7. The number of nitrogens with zero attached hydrogens (tertiary/aromatic N) is 3. The van der Waals surface area contributed by atoms with Crippen molar-refractivity contribution in [2.24, 2.45) is 0 Å². The molecule has 36 heavy (non-hydrogen) atoms. The highest BCUT2D eigenvalue weighted by atomic mass is 32.2. The number of carbonyl (C=O) groups excluding carboxylic acids is 2. The van der Waals surface area contributed by atoms with E-state index in [1.54, 1.807) is 35.6 Å². The van der Waals surface area contributed by atoms with Crippen LogP contribution in [0.2, 0.25) is 0 Å². The minimum Gasteiger partial charge on any atom is -0.325 e. The standard InChI is InChI=1S/C28H22N4O2S2/c1-19(33)21-12-8-13-22(18-21)29-27(34)25(20-10-4-2-5-11-20)36-28-31-30-26(24-16-9-17-35-24)32(28)23-14-6-3-7-15-23/h2-18,25H,1H3,(H,29,34). The maximum atomic E-state index is 13.6. The number of benzene rings is 3. The van der Waals surface area contributed by atoms with Crippen LogP contribution in [0, 0.1) is 0 Å². The smallest absolute Gasteiger partial charge is 0.242 e. The average Bonchev–Trinajstić information content (AvgIpc) is 3.58. The van der Waals surface area contributed by atoms with Crippen LogP contribution in [0.4, 0.5) is 5.69 Å². The van der Waals surface area contributed by atoms with Gasteiger partial charge in [0.2, 0.25) is 5.91 Å². The van der Waals surface area contributed by atoms with E-state index in [1.807, 2.05) is 82.7 Å². The van der Waals surface area contributed by atoms with Crippen LogP contribution in [0.25, 0.3) is 16.4 Å². The largest absolute Gasteiger partial charge is 0.325 e. The molecular formula is C28H22N4O2S2. The van der Waals surface area contributed by atoms with E-state index in [9.17, 15) is 9.59 Å². The van der Waals surface area contributed by atoms with Crippen LogP contribution < -0.4 is 5.32 Å². The lowest BCUT2D eigenvalue weighted by Gasteiger charge is -2.18. The highest BCUT2D eigenvalue weighted by Gasteiger charge is 2.27. The third-order valence-electron chi connectivity index (χ3n) is 5.49. The summed E-state index contributed by atoms with van der Waals surface area (Å²) in [4.78, 5) is 26.4. The molecule has 0 fully saturated rings. The number of anilines is 1. The molecule has 2 heterocycles. The van der Waals surface area contributed by atoms with Gasteiger partial charge in [0.25, 0.3) is 0 Å².